The highest BCUT2D eigenvalue weighted by Crippen LogP contribution is 2.41. The normalized spacial score (nSPS) is 16.5. The molecule has 1 saturated carbocycles. The van der Waals surface area contributed by atoms with Gasteiger partial charge in [0.05, 0.1) is 18.7 Å². The molecule has 168 valence electrons. The van der Waals surface area contributed by atoms with Gasteiger partial charge in [-0.3, -0.25) is 9.59 Å². The molecule has 4 rings (SSSR count). The molecular formula is C25H22N2O6. The van der Waals surface area contributed by atoms with Crippen LogP contribution in [0.5, 0.6) is 11.5 Å². The minimum absolute atomic E-state index is 0.0304. The van der Waals surface area contributed by atoms with Gasteiger partial charge in [0, 0.05) is 23.2 Å². The number of nitrogens with one attached hydrogen (secondary N) is 2. The van der Waals surface area contributed by atoms with Crippen molar-refractivity contribution in [1.82, 2.24) is 0 Å². The topological polar surface area (TPSA) is 125 Å². The second-order valence-corrected chi connectivity index (χ2v) is 7.77. The first-order valence-corrected chi connectivity index (χ1v) is 10.3. The number of carbonyl (C=O) groups is 3. The monoisotopic (exact) mass is 446 g/mol. The molecule has 0 spiro atoms. The van der Waals surface area contributed by atoms with Crippen LogP contribution in [-0.4, -0.2) is 35.1 Å². The quantitative estimate of drug-likeness (QED) is 0.310. The van der Waals surface area contributed by atoms with E-state index in [2.05, 4.69) is 10.6 Å². The number of amides is 2. The van der Waals surface area contributed by atoms with Crippen LogP contribution in [0.1, 0.15) is 16.8 Å². The molecule has 1 fully saturated rings. The van der Waals surface area contributed by atoms with Crippen LogP contribution in [0, 0.1) is 11.8 Å². The SMILES string of the molecule is COc1cc(O)ccc1NC(=O)Nc1ccc(-c2ccc(C(=O)[C@@H]3C[C@H]3C(=O)O)cc2)cc1. The van der Waals surface area contributed by atoms with Gasteiger partial charge in [-0.25, -0.2) is 4.79 Å². The molecule has 3 aromatic carbocycles. The summed E-state index contributed by atoms with van der Waals surface area (Å²) in [6.07, 6.45) is 0.400. The molecule has 0 bridgehead atoms. The van der Waals surface area contributed by atoms with Gasteiger partial charge in [-0.05, 0) is 41.8 Å². The zero-order chi connectivity index (χ0) is 23.5. The highest BCUT2D eigenvalue weighted by atomic mass is 16.5. The van der Waals surface area contributed by atoms with Crippen LogP contribution < -0.4 is 15.4 Å². The average molecular weight is 446 g/mol. The molecule has 0 aromatic heterocycles. The molecule has 0 aliphatic heterocycles. The summed E-state index contributed by atoms with van der Waals surface area (Å²) >= 11 is 0. The molecular weight excluding hydrogens is 424 g/mol. The van der Waals surface area contributed by atoms with Crippen molar-refractivity contribution in [2.24, 2.45) is 11.8 Å². The third kappa shape index (κ3) is 4.95. The largest absolute Gasteiger partial charge is 0.508 e. The van der Waals surface area contributed by atoms with E-state index < -0.39 is 23.8 Å². The lowest BCUT2D eigenvalue weighted by atomic mass is 10.0. The number of hydrogen-bond acceptors (Lipinski definition) is 5. The molecule has 4 N–H and O–H groups in total. The van der Waals surface area contributed by atoms with E-state index in [1.54, 1.807) is 24.3 Å². The molecule has 8 nitrogen and oxygen atoms in total. The molecule has 0 heterocycles. The van der Waals surface area contributed by atoms with Gasteiger partial charge >= 0.3 is 12.0 Å². The number of carboxylic acid groups (broad SMARTS) is 1. The van der Waals surface area contributed by atoms with Crippen molar-refractivity contribution in [3.05, 3.63) is 72.3 Å². The van der Waals surface area contributed by atoms with Crippen LogP contribution in [0.2, 0.25) is 0 Å². The number of ether oxygens (including phenoxy) is 1. The van der Waals surface area contributed by atoms with Gasteiger partial charge in [-0.1, -0.05) is 36.4 Å². The summed E-state index contributed by atoms with van der Waals surface area (Å²) in [4.78, 5) is 35.7. The fraction of sp³-hybridized carbons (Fsp3) is 0.160. The third-order valence-corrected chi connectivity index (χ3v) is 5.52. The fourth-order valence-corrected chi connectivity index (χ4v) is 3.61. The lowest BCUT2D eigenvalue weighted by molar-refractivity contribution is -0.138. The number of anilines is 2. The number of carbonyl (C=O) groups excluding carboxylic acids is 2. The summed E-state index contributed by atoms with van der Waals surface area (Å²) in [5.74, 6) is -1.68. The fourth-order valence-electron chi connectivity index (χ4n) is 3.61. The Morgan fingerprint density at radius 3 is 2.09 bits per heavy atom. The van der Waals surface area contributed by atoms with E-state index in [0.29, 0.717) is 29.1 Å². The van der Waals surface area contributed by atoms with Crippen LogP contribution in [0.15, 0.2) is 66.7 Å². The first-order valence-electron chi connectivity index (χ1n) is 10.3. The predicted molar refractivity (Wildman–Crippen MR) is 123 cm³/mol. The minimum atomic E-state index is -0.922. The van der Waals surface area contributed by atoms with Crippen LogP contribution in [-0.2, 0) is 4.79 Å². The number of rotatable bonds is 7. The molecule has 2 amide bonds. The summed E-state index contributed by atoms with van der Waals surface area (Å²) < 4.78 is 5.15. The Kier molecular flexibility index (Phi) is 5.99. The Hall–Kier alpha value is -4.33. The standard InChI is InChI=1S/C25H22N2O6/c1-33-22-12-18(28)10-11-21(22)27-25(32)26-17-8-6-15(7-9-17)14-2-4-16(5-3-14)23(29)19-13-20(19)24(30)31/h2-12,19-20,28H,13H2,1H3,(H,30,31)(H2,26,27,32)/t19-,20-/m1/s1. The number of carboxylic acids is 1. The van der Waals surface area contributed by atoms with Crippen molar-refractivity contribution in [2.75, 3.05) is 17.7 Å². The van der Waals surface area contributed by atoms with Gasteiger partial charge in [0.25, 0.3) is 0 Å². The molecule has 0 unspecified atom stereocenters. The number of hydrogen-bond donors (Lipinski definition) is 4. The van der Waals surface area contributed by atoms with Crippen molar-refractivity contribution < 1.29 is 29.3 Å². The third-order valence-electron chi connectivity index (χ3n) is 5.52. The van der Waals surface area contributed by atoms with Gasteiger partial charge in [0.15, 0.2) is 5.78 Å². The van der Waals surface area contributed by atoms with Gasteiger partial charge in [0.2, 0.25) is 0 Å². The van der Waals surface area contributed by atoms with E-state index in [9.17, 15) is 19.5 Å². The average Bonchev–Trinajstić information content (AvgIpc) is 3.62. The number of aliphatic carboxylic acids is 1. The van der Waals surface area contributed by atoms with E-state index in [-0.39, 0.29) is 11.5 Å². The summed E-state index contributed by atoms with van der Waals surface area (Å²) in [6, 6.07) is 18.2. The van der Waals surface area contributed by atoms with Gasteiger partial charge < -0.3 is 25.6 Å². The Bertz CT molecular complexity index is 1200. The number of phenolic OH excluding ortho intramolecular Hbond substituents is 1. The summed E-state index contributed by atoms with van der Waals surface area (Å²) in [6.45, 7) is 0. The molecule has 0 radical (unpaired) electrons. The Balaban J connectivity index is 1.38. The lowest BCUT2D eigenvalue weighted by Crippen LogP contribution is -2.19. The molecule has 8 heteroatoms. The van der Waals surface area contributed by atoms with Crippen LogP contribution in [0.25, 0.3) is 11.1 Å². The Morgan fingerprint density at radius 1 is 0.879 bits per heavy atom. The molecule has 3 aromatic rings. The second kappa shape index (κ2) is 9.04. The molecule has 33 heavy (non-hydrogen) atoms. The highest BCUT2D eigenvalue weighted by molar-refractivity contribution is 6.03. The van der Waals surface area contributed by atoms with Gasteiger partial charge in [-0.15, -0.1) is 0 Å². The van der Waals surface area contributed by atoms with E-state index in [1.165, 1.54) is 25.3 Å². The van der Waals surface area contributed by atoms with Crippen LogP contribution in [0.3, 0.4) is 0 Å². The maximum Gasteiger partial charge on any atom is 0.323 e. The Labute approximate surface area is 189 Å². The maximum absolute atomic E-state index is 12.4. The van der Waals surface area contributed by atoms with E-state index >= 15 is 0 Å². The van der Waals surface area contributed by atoms with E-state index in [1.807, 2.05) is 24.3 Å². The molecule has 1 aliphatic carbocycles. The smallest absolute Gasteiger partial charge is 0.323 e. The number of aromatic hydroxyl groups is 1. The number of ketones is 1. The van der Waals surface area contributed by atoms with Crippen molar-refractivity contribution in [1.29, 1.82) is 0 Å². The first-order chi connectivity index (χ1) is 15.9. The lowest BCUT2D eigenvalue weighted by Gasteiger charge is -2.12. The molecule has 2 atom stereocenters. The Morgan fingerprint density at radius 2 is 1.52 bits per heavy atom. The summed E-state index contributed by atoms with van der Waals surface area (Å²) in [7, 11) is 1.44. The van der Waals surface area contributed by atoms with Gasteiger partial charge in [0.1, 0.15) is 11.5 Å². The minimum Gasteiger partial charge on any atom is -0.508 e. The highest BCUT2D eigenvalue weighted by Gasteiger charge is 2.48. The van der Waals surface area contributed by atoms with E-state index in [0.717, 1.165) is 11.1 Å². The van der Waals surface area contributed by atoms with Crippen molar-refractivity contribution in [2.45, 2.75) is 6.42 Å². The second-order valence-electron chi connectivity index (χ2n) is 7.77. The molecule has 1 aliphatic rings. The number of methoxy groups -OCH3 is 1. The van der Waals surface area contributed by atoms with E-state index in [4.69, 9.17) is 9.84 Å². The first kappa shape index (κ1) is 21.9. The summed E-state index contributed by atoms with van der Waals surface area (Å²) in [5.41, 5.74) is 3.29. The van der Waals surface area contributed by atoms with Crippen LogP contribution >= 0.6 is 0 Å². The number of Topliss-reactive ketones (excluding diaryl/α,β-unsaturated/α-hetero) is 1. The molecule has 0 saturated heterocycles. The van der Waals surface area contributed by atoms with Crippen molar-refractivity contribution in [3.8, 4) is 22.6 Å². The number of benzene rings is 3. The number of urea groups is 1. The number of phenols is 1. The zero-order valence-corrected chi connectivity index (χ0v) is 17.7. The van der Waals surface area contributed by atoms with Crippen molar-refractivity contribution in [3.63, 3.8) is 0 Å². The van der Waals surface area contributed by atoms with Crippen molar-refractivity contribution >= 4 is 29.2 Å². The zero-order valence-electron chi connectivity index (χ0n) is 17.7. The summed E-state index contributed by atoms with van der Waals surface area (Å²) in [5, 5.41) is 23.9. The maximum atomic E-state index is 12.4. The van der Waals surface area contributed by atoms with Gasteiger partial charge in [-0.2, -0.15) is 0 Å². The predicted octanol–water partition coefficient (Wildman–Crippen LogP) is 4.62. The van der Waals surface area contributed by atoms with Crippen LogP contribution in [0.4, 0.5) is 16.2 Å².